The van der Waals surface area contributed by atoms with E-state index < -0.39 is 0 Å². The lowest BCUT2D eigenvalue weighted by atomic mass is 10.1. The van der Waals surface area contributed by atoms with Gasteiger partial charge in [0.05, 0.1) is 22.7 Å². The smallest absolute Gasteiger partial charge is 0.338 e. The molecule has 0 bridgehead atoms. The molecule has 0 unspecified atom stereocenters. The zero-order chi connectivity index (χ0) is 13.7. The van der Waals surface area contributed by atoms with E-state index in [2.05, 4.69) is 4.98 Å². The summed E-state index contributed by atoms with van der Waals surface area (Å²) in [6, 6.07) is 11.0. The summed E-state index contributed by atoms with van der Waals surface area (Å²) in [4.78, 5) is 15.8. The Morgan fingerprint density at radius 1 is 1.32 bits per heavy atom. The van der Waals surface area contributed by atoms with Crippen molar-refractivity contribution >= 4 is 29.3 Å². The Labute approximate surface area is 121 Å². The SMILES string of the molecule is COC(=O)c1ccccc1CSc1ccc(Cl)cn1. The maximum atomic E-state index is 11.6. The average molecular weight is 294 g/mol. The summed E-state index contributed by atoms with van der Waals surface area (Å²) in [6.45, 7) is 0. The molecule has 0 amide bonds. The molecule has 0 aliphatic rings. The topological polar surface area (TPSA) is 39.2 Å². The third-order valence-corrected chi connectivity index (χ3v) is 3.71. The fourth-order valence-corrected chi connectivity index (χ4v) is 2.51. The summed E-state index contributed by atoms with van der Waals surface area (Å²) in [5.74, 6) is 0.333. The Hall–Kier alpha value is -1.52. The van der Waals surface area contributed by atoms with Crippen LogP contribution in [0.2, 0.25) is 5.02 Å². The highest BCUT2D eigenvalue weighted by atomic mass is 35.5. The van der Waals surface area contributed by atoms with Crippen molar-refractivity contribution in [3.05, 3.63) is 58.7 Å². The standard InChI is InChI=1S/C14H12ClNO2S/c1-18-14(17)12-5-3-2-4-10(12)9-19-13-7-6-11(15)8-16-13/h2-8H,9H2,1H3. The predicted molar refractivity (Wildman–Crippen MR) is 76.6 cm³/mol. The molecular formula is C14H12ClNO2S. The largest absolute Gasteiger partial charge is 0.465 e. The molecule has 1 aromatic heterocycles. The molecule has 0 aliphatic heterocycles. The average Bonchev–Trinajstić information content (AvgIpc) is 2.46. The van der Waals surface area contributed by atoms with E-state index in [4.69, 9.17) is 16.3 Å². The summed E-state index contributed by atoms with van der Waals surface area (Å²) in [6.07, 6.45) is 1.61. The number of thioether (sulfide) groups is 1. The summed E-state index contributed by atoms with van der Waals surface area (Å²) in [5.41, 5.74) is 1.52. The van der Waals surface area contributed by atoms with Crippen LogP contribution >= 0.6 is 23.4 Å². The maximum absolute atomic E-state index is 11.6. The van der Waals surface area contributed by atoms with Gasteiger partial charge in [-0.1, -0.05) is 29.8 Å². The lowest BCUT2D eigenvalue weighted by molar-refractivity contribution is 0.0600. The number of hydrogen-bond acceptors (Lipinski definition) is 4. The van der Waals surface area contributed by atoms with Gasteiger partial charge >= 0.3 is 5.97 Å². The number of benzene rings is 1. The maximum Gasteiger partial charge on any atom is 0.338 e. The number of esters is 1. The van der Waals surface area contributed by atoms with Crippen molar-refractivity contribution in [2.75, 3.05) is 7.11 Å². The van der Waals surface area contributed by atoms with Gasteiger partial charge in [-0.2, -0.15) is 0 Å². The van der Waals surface area contributed by atoms with Crippen molar-refractivity contribution in [1.82, 2.24) is 4.98 Å². The molecular weight excluding hydrogens is 282 g/mol. The fourth-order valence-electron chi connectivity index (χ4n) is 1.55. The van der Waals surface area contributed by atoms with Gasteiger partial charge in [0, 0.05) is 11.9 Å². The van der Waals surface area contributed by atoms with E-state index in [0.717, 1.165) is 10.6 Å². The Morgan fingerprint density at radius 2 is 2.11 bits per heavy atom. The van der Waals surface area contributed by atoms with Crippen molar-refractivity contribution in [1.29, 1.82) is 0 Å². The van der Waals surface area contributed by atoms with Crippen molar-refractivity contribution in [3.8, 4) is 0 Å². The van der Waals surface area contributed by atoms with Gasteiger partial charge in [-0.3, -0.25) is 0 Å². The Bertz CT molecular complexity index is 572. The van der Waals surface area contributed by atoms with Crippen molar-refractivity contribution in [2.45, 2.75) is 10.8 Å². The van der Waals surface area contributed by atoms with E-state index >= 15 is 0 Å². The predicted octanol–water partition coefficient (Wildman–Crippen LogP) is 3.81. The number of halogens is 1. The first kappa shape index (κ1) is 13.9. The number of hydrogen-bond donors (Lipinski definition) is 0. The molecule has 0 saturated heterocycles. The summed E-state index contributed by atoms with van der Waals surface area (Å²) >= 11 is 7.33. The third-order valence-electron chi connectivity index (χ3n) is 2.50. The molecule has 2 aromatic rings. The number of rotatable bonds is 4. The fraction of sp³-hybridized carbons (Fsp3) is 0.143. The second kappa shape index (κ2) is 6.59. The highest BCUT2D eigenvalue weighted by Gasteiger charge is 2.11. The zero-order valence-corrected chi connectivity index (χ0v) is 11.9. The quantitative estimate of drug-likeness (QED) is 0.635. The molecule has 5 heteroatoms. The number of nitrogens with zero attached hydrogens (tertiary/aromatic N) is 1. The number of aromatic nitrogens is 1. The number of ether oxygens (including phenoxy) is 1. The Balaban J connectivity index is 2.11. The minimum Gasteiger partial charge on any atom is -0.465 e. The molecule has 0 aliphatic carbocycles. The second-order valence-corrected chi connectivity index (χ2v) is 5.18. The van der Waals surface area contributed by atoms with Gasteiger partial charge < -0.3 is 4.74 Å². The Morgan fingerprint density at radius 3 is 2.79 bits per heavy atom. The van der Waals surface area contributed by atoms with Crippen molar-refractivity contribution < 1.29 is 9.53 Å². The molecule has 0 saturated carbocycles. The third kappa shape index (κ3) is 3.72. The lowest BCUT2D eigenvalue weighted by Crippen LogP contribution is -2.04. The number of methoxy groups -OCH3 is 1. The van der Waals surface area contributed by atoms with Gasteiger partial charge in [0.2, 0.25) is 0 Å². The molecule has 19 heavy (non-hydrogen) atoms. The van der Waals surface area contributed by atoms with Crippen LogP contribution in [0.3, 0.4) is 0 Å². The molecule has 0 N–H and O–H groups in total. The Kier molecular flexibility index (Phi) is 4.82. The van der Waals surface area contributed by atoms with Gasteiger partial charge in [0.15, 0.2) is 0 Å². The molecule has 0 spiro atoms. The van der Waals surface area contributed by atoms with Crippen LogP contribution in [0.1, 0.15) is 15.9 Å². The molecule has 3 nitrogen and oxygen atoms in total. The minimum atomic E-state index is -0.319. The highest BCUT2D eigenvalue weighted by molar-refractivity contribution is 7.98. The van der Waals surface area contributed by atoms with Gasteiger partial charge in [-0.25, -0.2) is 9.78 Å². The summed E-state index contributed by atoms with van der Waals surface area (Å²) in [7, 11) is 1.38. The first-order valence-electron chi connectivity index (χ1n) is 5.61. The molecule has 2 rings (SSSR count). The van der Waals surface area contributed by atoms with Crippen LogP contribution in [0, 0.1) is 0 Å². The number of carbonyl (C=O) groups excluding carboxylic acids is 1. The molecule has 1 heterocycles. The van der Waals surface area contributed by atoms with Gasteiger partial charge in [0.1, 0.15) is 0 Å². The van der Waals surface area contributed by atoms with Crippen LogP contribution in [-0.4, -0.2) is 18.1 Å². The number of carbonyl (C=O) groups is 1. The lowest BCUT2D eigenvalue weighted by Gasteiger charge is -2.07. The van der Waals surface area contributed by atoms with E-state index in [9.17, 15) is 4.79 Å². The van der Waals surface area contributed by atoms with E-state index in [-0.39, 0.29) is 5.97 Å². The molecule has 1 aromatic carbocycles. The normalized spacial score (nSPS) is 10.2. The van der Waals surface area contributed by atoms with E-state index in [0.29, 0.717) is 16.3 Å². The molecule has 0 fully saturated rings. The van der Waals surface area contributed by atoms with Crippen LogP contribution in [0.15, 0.2) is 47.6 Å². The van der Waals surface area contributed by atoms with Crippen LogP contribution in [0.5, 0.6) is 0 Å². The highest BCUT2D eigenvalue weighted by Crippen LogP contribution is 2.24. The molecule has 98 valence electrons. The summed E-state index contributed by atoms with van der Waals surface area (Å²) < 4.78 is 4.76. The van der Waals surface area contributed by atoms with E-state index in [1.807, 2.05) is 24.3 Å². The van der Waals surface area contributed by atoms with Crippen molar-refractivity contribution in [3.63, 3.8) is 0 Å². The first-order chi connectivity index (χ1) is 9.20. The summed E-state index contributed by atoms with van der Waals surface area (Å²) in [5, 5.41) is 1.48. The van der Waals surface area contributed by atoms with Crippen LogP contribution in [-0.2, 0) is 10.5 Å². The van der Waals surface area contributed by atoms with Gasteiger partial charge in [0.25, 0.3) is 0 Å². The number of pyridine rings is 1. The van der Waals surface area contributed by atoms with Gasteiger partial charge in [-0.05, 0) is 23.8 Å². The van der Waals surface area contributed by atoms with Crippen LogP contribution < -0.4 is 0 Å². The van der Waals surface area contributed by atoms with Crippen molar-refractivity contribution in [2.24, 2.45) is 0 Å². The molecule has 0 atom stereocenters. The van der Waals surface area contributed by atoms with Crippen LogP contribution in [0.25, 0.3) is 0 Å². The minimum absolute atomic E-state index is 0.319. The molecule has 0 radical (unpaired) electrons. The van der Waals surface area contributed by atoms with E-state index in [1.165, 1.54) is 7.11 Å². The zero-order valence-electron chi connectivity index (χ0n) is 10.3. The second-order valence-electron chi connectivity index (χ2n) is 3.75. The first-order valence-corrected chi connectivity index (χ1v) is 6.97. The van der Waals surface area contributed by atoms with E-state index in [1.54, 1.807) is 30.1 Å². The van der Waals surface area contributed by atoms with Gasteiger partial charge in [-0.15, -0.1) is 11.8 Å². The van der Waals surface area contributed by atoms with Crippen LogP contribution in [0.4, 0.5) is 0 Å². The monoisotopic (exact) mass is 293 g/mol.